The molecular weight excluding hydrogens is 268 g/mol. The number of hydrogen-bond acceptors (Lipinski definition) is 3. The average Bonchev–Trinajstić information content (AvgIpc) is 2.01. The molecule has 1 aromatic carbocycles. The minimum Gasteiger partial charge on any atom is -0.392 e. The lowest BCUT2D eigenvalue weighted by Crippen LogP contribution is -2.17. The van der Waals surface area contributed by atoms with Crippen molar-refractivity contribution < 1.29 is 13.5 Å². The van der Waals surface area contributed by atoms with Crippen LogP contribution < -0.4 is 0 Å². The Balaban J connectivity index is 3.05. The second-order valence-electron chi connectivity index (χ2n) is 3.09. The predicted molar refractivity (Wildman–Crippen MR) is 57.9 cm³/mol. The largest absolute Gasteiger partial charge is 0.392 e. The lowest BCUT2D eigenvalue weighted by molar-refractivity contribution is 0.218. The van der Waals surface area contributed by atoms with E-state index < -0.39 is 15.9 Å². The standard InChI is InChI=1S/C9H11BrO3S/c1-7(11)6-14(12,13)9-4-2-3-8(10)5-9/h2-5,7,11H,6H2,1H3. The van der Waals surface area contributed by atoms with Crippen LogP contribution in [0.3, 0.4) is 0 Å². The molecule has 78 valence electrons. The van der Waals surface area contributed by atoms with E-state index in [-0.39, 0.29) is 10.6 Å². The van der Waals surface area contributed by atoms with E-state index in [1.54, 1.807) is 12.1 Å². The van der Waals surface area contributed by atoms with E-state index in [1.807, 2.05) is 0 Å². The summed E-state index contributed by atoms with van der Waals surface area (Å²) in [6.07, 6.45) is -0.848. The van der Waals surface area contributed by atoms with Crippen LogP contribution in [-0.2, 0) is 9.84 Å². The molecule has 0 aliphatic heterocycles. The van der Waals surface area contributed by atoms with Crippen molar-refractivity contribution >= 4 is 25.8 Å². The van der Waals surface area contributed by atoms with Gasteiger partial charge in [-0.2, -0.15) is 0 Å². The van der Waals surface area contributed by atoms with Gasteiger partial charge in [0.05, 0.1) is 16.8 Å². The molecule has 0 spiro atoms. The quantitative estimate of drug-likeness (QED) is 0.914. The molecular formula is C9H11BrO3S. The SMILES string of the molecule is CC(O)CS(=O)(=O)c1cccc(Br)c1. The number of aliphatic hydroxyl groups is 1. The molecule has 14 heavy (non-hydrogen) atoms. The predicted octanol–water partition coefficient (Wildman–Crippen LogP) is 1.60. The van der Waals surface area contributed by atoms with Crippen LogP contribution in [0.15, 0.2) is 33.6 Å². The van der Waals surface area contributed by atoms with Gasteiger partial charge in [0.25, 0.3) is 0 Å². The van der Waals surface area contributed by atoms with E-state index in [0.717, 1.165) is 0 Å². The van der Waals surface area contributed by atoms with E-state index >= 15 is 0 Å². The third-order valence-corrected chi connectivity index (χ3v) is 4.00. The summed E-state index contributed by atoms with van der Waals surface area (Å²) in [6, 6.07) is 6.45. The Morgan fingerprint density at radius 2 is 2.14 bits per heavy atom. The molecule has 0 aromatic heterocycles. The van der Waals surface area contributed by atoms with E-state index in [1.165, 1.54) is 19.1 Å². The van der Waals surface area contributed by atoms with Gasteiger partial charge in [0.15, 0.2) is 9.84 Å². The highest BCUT2D eigenvalue weighted by atomic mass is 79.9. The number of halogens is 1. The molecule has 0 aliphatic carbocycles. The molecule has 0 amide bonds. The topological polar surface area (TPSA) is 54.4 Å². The molecule has 1 atom stereocenters. The Bertz CT molecular complexity index is 412. The van der Waals surface area contributed by atoms with Crippen molar-refractivity contribution in [3.05, 3.63) is 28.7 Å². The highest BCUT2D eigenvalue weighted by Gasteiger charge is 2.16. The Morgan fingerprint density at radius 1 is 1.50 bits per heavy atom. The van der Waals surface area contributed by atoms with Crippen LogP contribution in [0.25, 0.3) is 0 Å². The molecule has 0 radical (unpaired) electrons. The van der Waals surface area contributed by atoms with Gasteiger partial charge in [-0.3, -0.25) is 0 Å². The second-order valence-corrected chi connectivity index (χ2v) is 6.04. The van der Waals surface area contributed by atoms with Crippen LogP contribution in [0.2, 0.25) is 0 Å². The number of benzene rings is 1. The van der Waals surface area contributed by atoms with E-state index in [2.05, 4.69) is 15.9 Å². The van der Waals surface area contributed by atoms with Gasteiger partial charge < -0.3 is 5.11 Å². The van der Waals surface area contributed by atoms with Crippen molar-refractivity contribution in [2.75, 3.05) is 5.75 Å². The first-order valence-electron chi connectivity index (χ1n) is 4.08. The van der Waals surface area contributed by atoms with Gasteiger partial charge in [0.1, 0.15) is 0 Å². The lowest BCUT2D eigenvalue weighted by atomic mass is 10.4. The molecule has 1 rings (SSSR count). The van der Waals surface area contributed by atoms with Crippen molar-refractivity contribution in [1.82, 2.24) is 0 Å². The van der Waals surface area contributed by atoms with Crippen molar-refractivity contribution in [2.45, 2.75) is 17.9 Å². The zero-order valence-corrected chi connectivity index (χ0v) is 10.0. The summed E-state index contributed by atoms with van der Waals surface area (Å²) in [5, 5.41) is 9.03. The lowest BCUT2D eigenvalue weighted by Gasteiger charge is -2.06. The maximum Gasteiger partial charge on any atom is 0.180 e. The van der Waals surface area contributed by atoms with Gasteiger partial charge in [0, 0.05) is 4.47 Å². The number of aliphatic hydroxyl groups excluding tert-OH is 1. The highest BCUT2D eigenvalue weighted by molar-refractivity contribution is 9.10. The van der Waals surface area contributed by atoms with Gasteiger partial charge in [-0.25, -0.2) is 8.42 Å². The van der Waals surface area contributed by atoms with Crippen LogP contribution in [0.1, 0.15) is 6.92 Å². The zero-order valence-electron chi connectivity index (χ0n) is 7.64. The Kier molecular flexibility index (Phi) is 3.69. The van der Waals surface area contributed by atoms with Crippen molar-refractivity contribution in [1.29, 1.82) is 0 Å². The van der Waals surface area contributed by atoms with Crippen LogP contribution in [-0.4, -0.2) is 25.4 Å². The number of sulfone groups is 1. The monoisotopic (exact) mass is 278 g/mol. The molecule has 1 aromatic rings. The first-order valence-corrected chi connectivity index (χ1v) is 6.53. The fourth-order valence-corrected chi connectivity index (χ4v) is 3.04. The zero-order chi connectivity index (χ0) is 10.8. The Labute approximate surface area is 91.8 Å². The summed E-state index contributed by atoms with van der Waals surface area (Å²) in [4.78, 5) is 0.229. The maximum absolute atomic E-state index is 11.6. The van der Waals surface area contributed by atoms with Gasteiger partial charge in [-0.15, -0.1) is 0 Å². The molecule has 0 heterocycles. The molecule has 0 saturated heterocycles. The summed E-state index contributed by atoms with van der Waals surface area (Å²) in [6.45, 7) is 1.45. The van der Waals surface area contributed by atoms with Gasteiger partial charge in [0.2, 0.25) is 0 Å². The third-order valence-electron chi connectivity index (χ3n) is 1.62. The van der Waals surface area contributed by atoms with Crippen LogP contribution >= 0.6 is 15.9 Å². The summed E-state index contributed by atoms with van der Waals surface area (Å²) in [7, 11) is -3.36. The normalized spacial score (nSPS) is 13.9. The van der Waals surface area contributed by atoms with Crippen molar-refractivity contribution in [2.24, 2.45) is 0 Å². The molecule has 1 N–H and O–H groups in total. The van der Waals surface area contributed by atoms with Crippen molar-refractivity contribution in [3.8, 4) is 0 Å². The Morgan fingerprint density at radius 3 is 2.64 bits per heavy atom. The molecule has 0 aliphatic rings. The molecule has 1 unspecified atom stereocenters. The van der Waals surface area contributed by atoms with Crippen LogP contribution in [0.4, 0.5) is 0 Å². The highest BCUT2D eigenvalue weighted by Crippen LogP contribution is 2.17. The van der Waals surface area contributed by atoms with Crippen LogP contribution in [0, 0.1) is 0 Å². The molecule has 5 heteroatoms. The van der Waals surface area contributed by atoms with Crippen LogP contribution in [0.5, 0.6) is 0 Å². The van der Waals surface area contributed by atoms with E-state index in [9.17, 15) is 8.42 Å². The third kappa shape index (κ3) is 3.08. The summed E-state index contributed by atoms with van der Waals surface area (Å²) >= 11 is 3.19. The molecule has 0 bridgehead atoms. The molecule has 0 saturated carbocycles. The second kappa shape index (κ2) is 4.42. The molecule has 0 fully saturated rings. The Hall–Kier alpha value is -0.390. The first kappa shape index (κ1) is 11.7. The maximum atomic E-state index is 11.6. The number of rotatable bonds is 3. The first-order chi connectivity index (χ1) is 6.42. The van der Waals surface area contributed by atoms with Gasteiger partial charge >= 0.3 is 0 Å². The molecule has 3 nitrogen and oxygen atoms in total. The van der Waals surface area contributed by atoms with E-state index in [4.69, 9.17) is 5.11 Å². The summed E-state index contributed by atoms with van der Waals surface area (Å²) < 4.78 is 23.9. The fraction of sp³-hybridized carbons (Fsp3) is 0.333. The van der Waals surface area contributed by atoms with Gasteiger partial charge in [-0.05, 0) is 25.1 Å². The summed E-state index contributed by atoms with van der Waals surface area (Å²) in [5.41, 5.74) is 0. The minimum atomic E-state index is -3.36. The fourth-order valence-electron chi connectivity index (χ4n) is 1.07. The summed E-state index contributed by atoms with van der Waals surface area (Å²) in [5.74, 6) is -0.247. The van der Waals surface area contributed by atoms with E-state index in [0.29, 0.717) is 4.47 Å². The van der Waals surface area contributed by atoms with Gasteiger partial charge in [-0.1, -0.05) is 22.0 Å². The number of hydrogen-bond donors (Lipinski definition) is 1. The average molecular weight is 279 g/mol. The smallest absolute Gasteiger partial charge is 0.180 e. The van der Waals surface area contributed by atoms with Crippen molar-refractivity contribution in [3.63, 3.8) is 0 Å². The minimum absolute atomic E-state index is 0.229.